The lowest BCUT2D eigenvalue weighted by atomic mass is 9.99. The van der Waals surface area contributed by atoms with Crippen LogP contribution in [-0.4, -0.2) is 4.98 Å². The normalized spacial score (nSPS) is 10.6. The SMILES string of the molecule is c1ccc(-c2ccc(-c3cccc(-c4nccs4)c3)cc2)cc1. The van der Waals surface area contributed by atoms with Gasteiger partial charge in [-0.3, -0.25) is 0 Å². The van der Waals surface area contributed by atoms with Crippen molar-refractivity contribution in [2.24, 2.45) is 0 Å². The number of thiazole rings is 1. The van der Waals surface area contributed by atoms with E-state index in [4.69, 9.17) is 0 Å². The van der Waals surface area contributed by atoms with Crippen molar-refractivity contribution in [3.8, 4) is 32.8 Å². The van der Waals surface area contributed by atoms with Crippen molar-refractivity contribution < 1.29 is 0 Å². The van der Waals surface area contributed by atoms with E-state index < -0.39 is 0 Å². The Kier molecular flexibility index (Phi) is 3.75. The van der Waals surface area contributed by atoms with E-state index in [2.05, 4.69) is 77.8 Å². The molecule has 0 aliphatic carbocycles. The molecule has 4 aromatic rings. The second kappa shape index (κ2) is 6.19. The summed E-state index contributed by atoms with van der Waals surface area (Å²) in [5.41, 5.74) is 6.10. The van der Waals surface area contributed by atoms with Crippen LogP contribution < -0.4 is 0 Å². The van der Waals surface area contributed by atoms with Crippen molar-refractivity contribution in [2.45, 2.75) is 0 Å². The fourth-order valence-electron chi connectivity index (χ4n) is 2.68. The lowest BCUT2D eigenvalue weighted by Crippen LogP contribution is -1.82. The summed E-state index contributed by atoms with van der Waals surface area (Å²) in [6.07, 6.45) is 1.85. The van der Waals surface area contributed by atoms with Crippen molar-refractivity contribution in [1.82, 2.24) is 4.98 Å². The van der Waals surface area contributed by atoms with E-state index in [0.29, 0.717) is 0 Å². The Morgan fingerprint density at radius 3 is 1.87 bits per heavy atom. The predicted octanol–water partition coefficient (Wildman–Crippen LogP) is 6.14. The van der Waals surface area contributed by atoms with Gasteiger partial charge < -0.3 is 0 Å². The van der Waals surface area contributed by atoms with Gasteiger partial charge in [0.25, 0.3) is 0 Å². The fraction of sp³-hybridized carbons (Fsp3) is 0. The summed E-state index contributed by atoms with van der Waals surface area (Å²) >= 11 is 1.67. The lowest BCUT2D eigenvalue weighted by Gasteiger charge is -2.06. The second-order valence-electron chi connectivity index (χ2n) is 5.36. The van der Waals surface area contributed by atoms with E-state index in [0.717, 1.165) is 5.01 Å². The highest BCUT2D eigenvalue weighted by Gasteiger charge is 2.04. The van der Waals surface area contributed by atoms with Gasteiger partial charge in [0.1, 0.15) is 5.01 Å². The summed E-state index contributed by atoms with van der Waals surface area (Å²) in [4.78, 5) is 4.39. The Morgan fingerprint density at radius 1 is 0.565 bits per heavy atom. The summed E-state index contributed by atoms with van der Waals surface area (Å²) in [5.74, 6) is 0. The first kappa shape index (κ1) is 13.9. The molecule has 0 unspecified atom stereocenters. The third kappa shape index (κ3) is 2.94. The molecule has 0 fully saturated rings. The predicted molar refractivity (Wildman–Crippen MR) is 98.4 cm³/mol. The summed E-state index contributed by atoms with van der Waals surface area (Å²) in [7, 11) is 0. The van der Waals surface area contributed by atoms with Crippen LogP contribution in [0, 0.1) is 0 Å². The van der Waals surface area contributed by atoms with E-state index in [1.54, 1.807) is 11.3 Å². The lowest BCUT2D eigenvalue weighted by molar-refractivity contribution is 1.41. The number of hydrogen-bond acceptors (Lipinski definition) is 2. The molecule has 23 heavy (non-hydrogen) atoms. The molecule has 1 aromatic heterocycles. The monoisotopic (exact) mass is 313 g/mol. The van der Waals surface area contributed by atoms with Crippen molar-refractivity contribution in [1.29, 1.82) is 0 Å². The van der Waals surface area contributed by atoms with Crippen LogP contribution in [0.1, 0.15) is 0 Å². The van der Waals surface area contributed by atoms with Crippen molar-refractivity contribution in [3.63, 3.8) is 0 Å². The summed E-state index contributed by atoms with van der Waals surface area (Å²) in [5, 5.41) is 3.07. The van der Waals surface area contributed by atoms with Gasteiger partial charge in [-0.15, -0.1) is 11.3 Å². The zero-order valence-electron chi connectivity index (χ0n) is 12.5. The molecule has 0 aliphatic rings. The van der Waals surface area contributed by atoms with Crippen molar-refractivity contribution in [2.75, 3.05) is 0 Å². The highest BCUT2D eigenvalue weighted by Crippen LogP contribution is 2.29. The van der Waals surface area contributed by atoms with Gasteiger partial charge in [-0.25, -0.2) is 4.98 Å². The summed E-state index contributed by atoms with van der Waals surface area (Å²) in [6, 6.07) is 27.7. The molecule has 1 heterocycles. The third-order valence-electron chi connectivity index (χ3n) is 3.87. The Balaban J connectivity index is 1.68. The molecule has 110 valence electrons. The van der Waals surface area contributed by atoms with Gasteiger partial charge in [0.05, 0.1) is 0 Å². The van der Waals surface area contributed by atoms with Crippen LogP contribution in [0.25, 0.3) is 32.8 Å². The highest BCUT2D eigenvalue weighted by atomic mass is 32.1. The third-order valence-corrected chi connectivity index (χ3v) is 4.69. The minimum Gasteiger partial charge on any atom is -0.245 e. The van der Waals surface area contributed by atoms with E-state index in [1.807, 2.05) is 17.6 Å². The molecule has 0 aliphatic heterocycles. The fourth-order valence-corrected chi connectivity index (χ4v) is 3.32. The molecule has 2 heteroatoms. The number of benzene rings is 3. The van der Waals surface area contributed by atoms with Gasteiger partial charge in [-0.1, -0.05) is 72.8 Å². The maximum absolute atomic E-state index is 4.39. The average molecular weight is 313 g/mol. The smallest absolute Gasteiger partial charge is 0.123 e. The van der Waals surface area contributed by atoms with Crippen LogP contribution in [0.3, 0.4) is 0 Å². The topological polar surface area (TPSA) is 12.9 Å². The molecule has 3 aromatic carbocycles. The number of hydrogen-bond donors (Lipinski definition) is 0. The molecule has 0 atom stereocenters. The van der Waals surface area contributed by atoms with Gasteiger partial charge in [-0.05, 0) is 28.3 Å². The quantitative estimate of drug-likeness (QED) is 0.442. The van der Waals surface area contributed by atoms with E-state index in [9.17, 15) is 0 Å². The molecule has 0 bridgehead atoms. The highest BCUT2D eigenvalue weighted by molar-refractivity contribution is 7.13. The van der Waals surface area contributed by atoms with Crippen LogP contribution in [-0.2, 0) is 0 Å². The van der Waals surface area contributed by atoms with Crippen LogP contribution in [0.15, 0.2) is 90.4 Å². The molecular formula is C21H15NS. The van der Waals surface area contributed by atoms with Crippen LogP contribution in [0.4, 0.5) is 0 Å². The second-order valence-corrected chi connectivity index (χ2v) is 6.26. The Morgan fingerprint density at radius 2 is 1.17 bits per heavy atom. The van der Waals surface area contributed by atoms with Crippen molar-refractivity contribution >= 4 is 11.3 Å². The van der Waals surface area contributed by atoms with Crippen LogP contribution in [0.5, 0.6) is 0 Å². The van der Waals surface area contributed by atoms with Crippen LogP contribution in [0.2, 0.25) is 0 Å². The van der Waals surface area contributed by atoms with Crippen LogP contribution >= 0.6 is 11.3 Å². The Hall–Kier alpha value is -2.71. The first-order chi connectivity index (χ1) is 11.4. The molecule has 0 N–H and O–H groups in total. The standard InChI is InChI=1S/C21H15NS/c1-2-5-16(6-3-1)17-9-11-18(12-10-17)19-7-4-8-20(15-19)21-22-13-14-23-21/h1-15H. The first-order valence-corrected chi connectivity index (χ1v) is 8.44. The largest absolute Gasteiger partial charge is 0.245 e. The Bertz CT molecular complexity index is 894. The first-order valence-electron chi connectivity index (χ1n) is 7.56. The van der Waals surface area contributed by atoms with Crippen molar-refractivity contribution in [3.05, 3.63) is 90.4 Å². The van der Waals surface area contributed by atoms with Gasteiger partial charge in [0.2, 0.25) is 0 Å². The number of rotatable bonds is 3. The minimum absolute atomic E-state index is 1.06. The van der Waals surface area contributed by atoms with Gasteiger partial charge in [0.15, 0.2) is 0 Å². The van der Waals surface area contributed by atoms with Gasteiger partial charge >= 0.3 is 0 Å². The maximum Gasteiger partial charge on any atom is 0.123 e. The molecule has 4 rings (SSSR count). The summed E-state index contributed by atoms with van der Waals surface area (Å²) < 4.78 is 0. The molecule has 0 radical (unpaired) electrons. The zero-order valence-corrected chi connectivity index (χ0v) is 13.3. The van der Waals surface area contributed by atoms with Gasteiger partial charge in [-0.2, -0.15) is 0 Å². The number of nitrogens with zero attached hydrogens (tertiary/aromatic N) is 1. The molecule has 0 amide bonds. The zero-order chi connectivity index (χ0) is 15.5. The van der Waals surface area contributed by atoms with E-state index in [1.165, 1.54) is 27.8 Å². The molecule has 0 spiro atoms. The molecule has 0 saturated carbocycles. The molecular weight excluding hydrogens is 298 g/mol. The maximum atomic E-state index is 4.39. The summed E-state index contributed by atoms with van der Waals surface area (Å²) in [6.45, 7) is 0. The van der Waals surface area contributed by atoms with E-state index >= 15 is 0 Å². The average Bonchev–Trinajstić information content (AvgIpc) is 3.18. The number of aromatic nitrogens is 1. The van der Waals surface area contributed by atoms with E-state index in [-0.39, 0.29) is 0 Å². The molecule has 0 saturated heterocycles. The Labute approximate surface area is 139 Å². The molecule has 1 nitrogen and oxygen atoms in total. The van der Waals surface area contributed by atoms with Gasteiger partial charge in [0, 0.05) is 17.1 Å². The minimum atomic E-state index is 1.06.